The Hall–Kier alpha value is -2.00. The first-order valence-electron chi connectivity index (χ1n) is 5.63. The van der Waals surface area contributed by atoms with Gasteiger partial charge >= 0.3 is 24.1 Å². The highest BCUT2D eigenvalue weighted by Crippen LogP contribution is 2.16. The molecule has 0 aromatic rings. The van der Waals surface area contributed by atoms with Crippen LogP contribution in [0.15, 0.2) is 0 Å². The van der Waals surface area contributed by atoms with Gasteiger partial charge in [0.05, 0.1) is 0 Å². The van der Waals surface area contributed by atoms with E-state index in [0.29, 0.717) is 4.90 Å². The van der Waals surface area contributed by atoms with Crippen molar-refractivity contribution in [3.63, 3.8) is 0 Å². The summed E-state index contributed by atoms with van der Waals surface area (Å²) in [4.78, 5) is 33.0. The molecule has 10 heteroatoms. The third kappa shape index (κ3) is 7.44. The first-order chi connectivity index (χ1) is 9.06. The monoisotopic (exact) mass is 300 g/mol. The smallest absolute Gasteiger partial charge is 0.406 e. The highest BCUT2D eigenvalue weighted by molar-refractivity contribution is 5.83. The molecular formula is C10H15F3N2O5. The minimum absolute atomic E-state index is 0.267. The third-order valence-electron chi connectivity index (χ3n) is 2.28. The summed E-state index contributed by atoms with van der Waals surface area (Å²) in [7, 11) is 0. The second kappa shape index (κ2) is 7.56. The van der Waals surface area contributed by atoms with Gasteiger partial charge in [-0.3, -0.25) is 4.79 Å². The van der Waals surface area contributed by atoms with Gasteiger partial charge in [-0.15, -0.1) is 0 Å². The number of aliphatic carboxylic acids is 2. The Morgan fingerprint density at radius 3 is 2.15 bits per heavy atom. The molecule has 0 aliphatic carbocycles. The first-order valence-corrected chi connectivity index (χ1v) is 5.63. The maximum atomic E-state index is 12.2. The topological polar surface area (TPSA) is 107 Å². The van der Waals surface area contributed by atoms with Gasteiger partial charge in [-0.1, -0.05) is 0 Å². The molecule has 0 aliphatic heterocycles. The molecule has 0 aromatic carbocycles. The predicted octanol–water partition coefficient (Wildman–Crippen LogP) is 0.898. The number of carboxylic acid groups (broad SMARTS) is 2. The van der Waals surface area contributed by atoms with Gasteiger partial charge in [-0.2, -0.15) is 13.2 Å². The fourth-order valence-corrected chi connectivity index (χ4v) is 1.31. The number of hydrogen-bond donors (Lipinski definition) is 3. The summed E-state index contributed by atoms with van der Waals surface area (Å²) in [6.07, 6.45) is -5.55. The van der Waals surface area contributed by atoms with E-state index in [0.717, 1.165) is 0 Å². The third-order valence-corrected chi connectivity index (χ3v) is 2.28. The number of nitrogens with zero attached hydrogens (tertiary/aromatic N) is 1. The van der Waals surface area contributed by atoms with Gasteiger partial charge in [0.2, 0.25) is 0 Å². The van der Waals surface area contributed by atoms with E-state index in [2.05, 4.69) is 0 Å². The van der Waals surface area contributed by atoms with Gasteiger partial charge in [-0.25, -0.2) is 9.59 Å². The van der Waals surface area contributed by atoms with Crippen LogP contribution in [0, 0.1) is 0 Å². The number of alkyl halides is 3. The molecule has 0 saturated heterocycles. The summed E-state index contributed by atoms with van der Waals surface area (Å²) >= 11 is 0. The van der Waals surface area contributed by atoms with Crippen molar-refractivity contribution < 1.29 is 37.8 Å². The number of halogens is 3. The number of carbonyl (C=O) groups is 3. The molecule has 0 aliphatic rings. The van der Waals surface area contributed by atoms with E-state index in [-0.39, 0.29) is 6.54 Å². The van der Waals surface area contributed by atoms with Crippen molar-refractivity contribution in [3.8, 4) is 0 Å². The molecule has 0 heterocycles. The van der Waals surface area contributed by atoms with E-state index in [9.17, 15) is 27.6 Å². The lowest BCUT2D eigenvalue weighted by Gasteiger charge is -2.24. The molecule has 116 valence electrons. The summed E-state index contributed by atoms with van der Waals surface area (Å²) in [5, 5.41) is 19.1. The summed E-state index contributed by atoms with van der Waals surface area (Å²) in [6.45, 7) is -0.477. The molecular weight excluding hydrogens is 285 g/mol. The summed E-state index contributed by atoms with van der Waals surface area (Å²) in [6, 6.07) is -2.76. The normalized spacial score (nSPS) is 12.6. The van der Waals surface area contributed by atoms with E-state index in [4.69, 9.17) is 10.2 Å². The molecule has 0 rings (SSSR count). The van der Waals surface area contributed by atoms with Crippen molar-refractivity contribution in [1.29, 1.82) is 0 Å². The van der Waals surface area contributed by atoms with Crippen LogP contribution in [0.1, 0.15) is 19.8 Å². The molecule has 0 unspecified atom stereocenters. The molecule has 0 aromatic heterocycles. The van der Waals surface area contributed by atoms with Gasteiger partial charge in [0.1, 0.15) is 12.6 Å². The summed E-state index contributed by atoms with van der Waals surface area (Å²) < 4.78 is 36.6. The second-order valence-corrected chi connectivity index (χ2v) is 3.90. The maximum absolute atomic E-state index is 12.2. The fourth-order valence-electron chi connectivity index (χ4n) is 1.31. The fraction of sp³-hybridized carbons (Fsp3) is 0.700. The number of amides is 2. The van der Waals surface area contributed by atoms with Gasteiger partial charge in [0, 0.05) is 13.0 Å². The number of nitrogens with one attached hydrogen (secondary N) is 1. The van der Waals surface area contributed by atoms with Gasteiger partial charge in [0.15, 0.2) is 0 Å². The lowest BCUT2D eigenvalue weighted by Crippen LogP contribution is -2.50. The molecule has 1 atom stereocenters. The Kier molecular flexibility index (Phi) is 6.80. The van der Waals surface area contributed by atoms with Gasteiger partial charge in [-0.05, 0) is 13.3 Å². The zero-order valence-corrected chi connectivity index (χ0v) is 10.6. The van der Waals surface area contributed by atoms with E-state index in [1.807, 2.05) is 5.32 Å². The lowest BCUT2D eigenvalue weighted by atomic mass is 10.1. The average Bonchev–Trinajstić information content (AvgIpc) is 2.29. The van der Waals surface area contributed by atoms with Crippen LogP contribution in [0.2, 0.25) is 0 Å². The SMILES string of the molecule is CCN(CC(F)(F)F)C(=O)N[C@@H](CCC(=O)O)C(=O)O. The summed E-state index contributed by atoms with van der Waals surface area (Å²) in [5.74, 6) is -2.78. The van der Waals surface area contributed by atoms with Crippen molar-refractivity contribution in [2.45, 2.75) is 32.0 Å². The minimum atomic E-state index is -4.60. The average molecular weight is 300 g/mol. The highest BCUT2D eigenvalue weighted by Gasteiger charge is 2.33. The molecule has 0 spiro atoms. The van der Waals surface area contributed by atoms with Gasteiger partial charge in [0.25, 0.3) is 0 Å². The number of hydrogen-bond acceptors (Lipinski definition) is 3. The van der Waals surface area contributed by atoms with Gasteiger partial charge < -0.3 is 20.4 Å². The predicted molar refractivity (Wildman–Crippen MR) is 60.1 cm³/mol. The van der Waals surface area contributed by atoms with Crippen molar-refractivity contribution in [2.24, 2.45) is 0 Å². The van der Waals surface area contributed by atoms with E-state index >= 15 is 0 Å². The molecule has 0 radical (unpaired) electrons. The van der Waals surface area contributed by atoms with Crippen LogP contribution >= 0.6 is 0 Å². The highest BCUT2D eigenvalue weighted by atomic mass is 19.4. The van der Waals surface area contributed by atoms with Crippen molar-refractivity contribution in [3.05, 3.63) is 0 Å². The van der Waals surface area contributed by atoms with Crippen LogP contribution in [0.25, 0.3) is 0 Å². The Bertz CT molecular complexity index is 372. The van der Waals surface area contributed by atoms with Crippen molar-refractivity contribution >= 4 is 18.0 Å². The van der Waals surface area contributed by atoms with E-state index < -0.39 is 49.6 Å². The van der Waals surface area contributed by atoms with Crippen LogP contribution in [-0.4, -0.2) is 58.4 Å². The van der Waals surface area contributed by atoms with Crippen LogP contribution < -0.4 is 5.32 Å². The Labute approximate surface area is 112 Å². The Balaban J connectivity index is 4.64. The molecule has 0 saturated carbocycles. The molecule has 0 bridgehead atoms. The maximum Gasteiger partial charge on any atom is 0.406 e. The lowest BCUT2D eigenvalue weighted by molar-refractivity contribution is -0.141. The van der Waals surface area contributed by atoms with E-state index in [1.54, 1.807) is 0 Å². The zero-order valence-electron chi connectivity index (χ0n) is 10.6. The second-order valence-electron chi connectivity index (χ2n) is 3.90. The molecule has 7 nitrogen and oxygen atoms in total. The Morgan fingerprint density at radius 2 is 1.80 bits per heavy atom. The molecule has 0 fully saturated rings. The number of urea groups is 1. The number of carbonyl (C=O) groups excluding carboxylic acids is 1. The number of rotatable bonds is 7. The first kappa shape index (κ1) is 18.0. The standard InChI is InChI=1S/C10H15F3N2O5/c1-2-15(5-10(11,12)13)9(20)14-6(8(18)19)3-4-7(16)17/h6H,2-5H2,1H3,(H,14,20)(H,16,17)(H,18,19)/t6-/m0/s1. The quantitative estimate of drug-likeness (QED) is 0.647. The zero-order chi connectivity index (χ0) is 15.9. The minimum Gasteiger partial charge on any atom is -0.481 e. The number of carboxylic acids is 2. The van der Waals surface area contributed by atoms with Crippen LogP contribution in [0.4, 0.5) is 18.0 Å². The van der Waals surface area contributed by atoms with E-state index in [1.165, 1.54) is 6.92 Å². The van der Waals surface area contributed by atoms with Crippen molar-refractivity contribution in [2.75, 3.05) is 13.1 Å². The van der Waals surface area contributed by atoms with Crippen LogP contribution in [0.3, 0.4) is 0 Å². The molecule has 2 amide bonds. The molecule has 20 heavy (non-hydrogen) atoms. The van der Waals surface area contributed by atoms with Crippen LogP contribution in [-0.2, 0) is 9.59 Å². The van der Waals surface area contributed by atoms with Crippen LogP contribution in [0.5, 0.6) is 0 Å². The van der Waals surface area contributed by atoms with Crippen molar-refractivity contribution in [1.82, 2.24) is 10.2 Å². The molecule has 3 N–H and O–H groups in total. The Morgan fingerprint density at radius 1 is 1.25 bits per heavy atom. The largest absolute Gasteiger partial charge is 0.481 e. The summed E-state index contributed by atoms with van der Waals surface area (Å²) in [5.41, 5.74) is 0.